The molecule has 3 aromatic rings. The number of hydrogen-bond donors (Lipinski definition) is 1. The number of carbonyl (C=O) groups is 1. The van der Waals surface area contributed by atoms with E-state index < -0.39 is 0 Å². The largest absolute Gasteiger partial charge is 0.344 e. The third-order valence-corrected chi connectivity index (χ3v) is 4.41. The van der Waals surface area contributed by atoms with Crippen molar-refractivity contribution >= 4 is 5.91 Å². The maximum absolute atomic E-state index is 12.6. The lowest BCUT2D eigenvalue weighted by atomic mass is 9.98. The van der Waals surface area contributed by atoms with Crippen LogP contribution in [0.4, 0.5) is 0 Å². The Hall–Kier alpha value is -2.95. The Balaban J connectivity index is 1.83. The van der Waals surface area contributed by atoms with Crippen LogP contribution in [0.3, 0.4) is 0 Å². The molecule has 0 fully saturated rings. The molecule has 25 heavy (non-hydrogen) atoms. The molecule has 0 saturated heterocycles. The fraction of sp³-hybridized carbons (Fsp3) is 0.250. The van der Waals surface area contributed by atoms with Crippen molar-refractivity contribution < 1.29 is 4.79 Å². The van der Waals surface area contributed by atoms with Crippen LogP contribution in [-0.2, 0) is 11.3 Å². The molecule has 0 aliphatic rings. The molecular formula is C20H22N4O. The van der Waals surface area contributed by atoms with E-state index in [1.807, 2.05) is 49.6 Å². The molecule has 1 aromatic carbocycles. The van der Waals surface area contributed by atoms with Gasteiger partial charge < -0.3 is 9.88 Å². The van der Waals surface area contributed by atoms with E-state index >= 15 is 0 Å². The number of nitrogens with zero attached hydrogens (tertiary/aromatic N) is 3. The van der Waals surface area contributed by atoms with Gasteiger partial charge in [0.2, 0.25) is 5.91 Å². The maximum atomic E-state index is 12.6. The van der Waals surface area contributed by atoms with Crippen LogP contribution in [0.25, 0.3) is 0 Å². The van der Waals surface area contributed by atoms with Crippen molar-refractivity contribution in [2.24, 2.45) is 0 Å². The molecule has 2 heterocycles. The molecule has 0 radical (unpaired) electrons. The second-order valence-electron chi connectivity index (χ2n) is 6.24. The van der Waals surface area contributed by atoms with Crippen molar-refractivity contribution in [3.05, 3.63) is 83.2 Å². The van der Waals surface area contributed by atoms with Crippen LogP contribution in [0, 0.1) is 20.8 Å². The SMILES string of the molecule is Cc1ccc(C(NC(=O)Cn2cnc(C)c2C)c2ccncc2)cc1. The Kier molecular flexibility index (Phi) is 4.93. The Labute approximate surface area is 147 Å². The van der Waals surface area contributed by atoms with Crippen molar-refractivity contribution in [2.45, 2.75) is 33.4 Å². The molecular weight excluding hydrogens is 312 g/mol. The first-order valence-electron chi connectivity index (χ1n) is 8.29. The lowest BCUT2D eigenvalue weighted by Gasteiger charge is -2.20. The third kappa shape index (κ3) is 3.94. The summed E-state index contributed by atoms with van der Waals surface area (Å²) in [6.45, 7) is 6.21. The minimum atomic E-state index is -0.207. The Morgan fingerprint density at radius 1 is 1.04 bits per heavy atom. The van der Waals surface area contributed by atoms with E-state index in [2.05, 4.69) is 27.4 Å². The summed E-state index contributed by atoms with van der Waals surface area (Å²) in [5, 5.41) is 3.14. The van der Waals surface area contributed by atoms with Crippen molar-refractivity contribution in [3.63, 3.8) is 0 Å². The first-order chi connectivity index (χ1) is 12.0. The van der Waals surface area contributed by atoms with Crippen LogP contribution < -0.4 is 5.32 Å². The van der Waals surface area contributed by atoms with Crippen LogP contribution >= 0.6 is 0 Å². The summed E-state index contributed by atoms with van der Waals surface area (Å²) in [6, 6.07) is 11.9. The zero-order valence-electron chi connectivity index (χ0n) is 14.7. The molecule has 5 heteroatoms. The number of imidazole rings is 1. The van der Waals surface area contributed by atoms with Crippen LogP contribution in [0.15, 0.2) is 55.1 Å². The molecule has 3 rings (SSSR count). The zero-order chi connectivity index (χ0) is 17.8. The summed E-state index contributed by atoms with van der Waals surface area (Å²) in [6.07, 6.45) is 5.19. The highest BCUT2D eigenvalue weighted by molar-refractivity contribution is 5.77. The minimum Gasteiger partial charge on any atom is -0.344 e. The van der Waals surface area contributed by atoms with Crippen molar-refractivity contribution in [1.82, 2.24) is 19.9 Å². The molecule has 1 unspecified atom stereocenters. The average Bonchev–Trinajstić information content (AvgIpc) is 2.93. The third-order valence-electron chi connectivity index (χ3n) is 4.41. The van der Waals surface area contributed by atoms with Crippen LogP contribution in [-0.4, -0.2) is 20.4 Å². The van der Waals surface area contributed by atoms with Gasteiger partial charge in [0, 0.05) is 18.1 Å². The lowest BCUT2D eigenvalue weighted by molar-refractivity contribution is -0.122. The van der Waals surface area contributed by atoms with Gasteiger partial charge in [-0.05, 0) is 44.0 Å². The van der Waals surface area contributed by atoms with E-state index in [1.54, 1.807) is 18.7 Å². The van der Waals surface area contributed by atoms with E-state index in [1.165, 1.54) is 5.56 Å². The van der Waals surface area contributed by atoms with Gasteiger partial charge in [0.05, 0.1) is 18.1 Å². The first-order valence-corrected chi connectivity index (χ1v) is 8.29. The molecule has 1 amide bonds. The summed E-state index contributed by atoms with van der Waals surface area (Å²) in [4.78, 5) is 20.9. The average molecular weight is 334 g/mol. The number of aryl methyl sites for hydroxylation is 2. The number of pyridine rings is 1. The number of carbonyl (C=O) groups excluding carboxylic acids is 1. The number of hydrogen-bond acceptors (Lipinski definition) is 3. The molecule has 0 saturated carbocycles. The smallest absolute Gasteiger partial charge is 0.240 e. The van der Waals surface area contributed by atoms with Crippen LogP contribution in [0.1, 0.15) is 34.1 Å². The summed E-state index contributed by atoms with van der Waals surface area (Å²) in [5.41, 5.74) is 5.19. The molecule has 0 spiro atoms. The lowest BCUT2D eigenvalue weighted by Crippen LogP contribution is -2.32. The summed E-state index contributed by atoms with van der Waals surface area (Å²) in [5.74, 6) is -0.0529. The summed E-state index contributed by atoms with van der Waals surface area (Å²) in [7, 11) is 0. The fourth-order valence-electron chi connectivity index (χ4n) is 2.74. The Bertz CT molecular complexity index is 853. The summed E-state index contributed by atoms with van der Waals surface area (Å²) < 4.78 is 1.86. The van der Waals surface area contributed by atoms with Gasteiger partial charge in [0.25, 0.3) is 0 Å². The second-order valence-corrected chi connectivity index (χ2v) is 6.24. The monoisotopic (exact) mass is 334 g/mol. The quantitative estimate of drug-likeness (QED) is 0.780. The van der Waals surface area contributed by atoms with Crippen molar-refractivity contribution in [3.8, 4) is 0 Å². The predicted molar refractivity (Wildman–Crippen MR) is 97.1 cm³/mol. The number of benzene rings is 1. The maximum Gasteiger partial charge on any atom is 0.240 e. The van der Waals surface area contributed by atoms with Gasteiger partial charge in [-0.15, -0.1) is 0 Å². The first kappa shape index (κ1) is 16.9. The zero-order valence-corrected chi connectivity index (χ0v) is 14.7. The van der Waals surface area contributed by atoms with Crippen molar-refractivity contribution in [2.75, 3.05) is 0 Å². The van der Waals surface area contributed by atoms with E-state index in [0.717, 1.165) is 22.5 Å². The molecule has 128 valence electrons. The number of aromatic nitrogens is 3. The highest BCUT2D eigenvalue weighted by Gasteiger charge is 2.17. The van der Waals surface area contributed by atoms with E-state index in [9.17, 15) is 4.79 Å². The van der Waals surface area contributed by atoms with Gasteiger partial charge in [0.1, 0.15) is 6.54 Å². The van der Waals surface area contributed by atoms with Gasteiger partial charge in [-0.2, -0.15) is 0 Å². The summed E-state index contributed by atoms with van der Waals surface area (Å²) >= 11 is 0. The number of rotatable bonds is 5. The standard InChI is InChI=1S/C20H22N4O/c1-14-4-6-17(7-5-14)20(18-8-10-21-11-9-18)23-19(25)12-24-13-22-15(2)16(24)3/h4-11,13,20H,12H2,1-3H3,(H,23,25). The number of amides is 1. The predicted octanol–water partition coefficient (Wildman–Crippen LogP) is 3.11. The van der Waals surface area contributed by atoms with E-state index in [-0.39, 0.29) is 18.5 Å². The van der Waals surface area contributed by atoms with Gasteiger partial charge >= 0.3 is 0 Å². The topological polar surface area (TPSA) is 59.8 Å². The minimum absolute atomic E-state index is 0.0529. The molecule has 5 nitrogen and oxygen atoms in total. The van der Waals surface area contributed by atoms with Gasteiger partial charge in [-0.1, -0.05) is 29.8 Å². The van der Waals surface area contributed by atoms with Gasteiger partial charge in [-0.3, -0.25) is 9.78 Å². The van der Waals surface area contributed by atoms with E-state index in [4.69, 9.17) is 0 Å². The Morgan fingerprint density at radius 2 is 1.68 bits per heavy atom. The highest BCUT2D eigenvalue weighted by atomic mass is 16.2. The highest BCUT2D eigenvalue weighted by Crippen LogP contribution is 2.22. The number of nitrogens with one attached hydrogen (secondary N) is 1. The fourth-order valence-corrected chi connectivity index (χ4v) is 2.74. The van der Waals surface area contributed by atoms with Gasteiger partial charge in [-0.25, -0.2) is 4.98 Å². The molecule has 0 aliphatic heterocycles. The molecule has 0 bridgehead atoms. The molecule has 1 N–H and O–H groups in total. The Morgan fingerprint density at radius 3 is 2.28 bits per heavy atom. The molecule has 1 atom stereocenters. The van der Waals surface area contributed by atoms with Gasteiger partial charge in [0.15, 0.2) is 0 Å². The van der Waals surface area contributed by atoms with Crippen LogP contribution in [0.2, 0.25) is 0 Å². The van der Waals surface area contributed by atoms with Crippen LogP contribution in [0.5, 0.6) is 0 Å². The van der Waals surface area contributed by atoms with E-state index in [0.29, 0.717) is 0 Å². The molecule has 0 aliphatic carbocycles. The molecule has 2 aromatic heterocycles. The second kappa shape index (κ2) is 7.30. The van der Waals surface area contributed by atoms with Crippen molar-refractivity contribution in [1.29, 1.82) is 0 Å². The normalized spacial score (nSPS) is 12.0.